The van der Waals surface area contributed by atoms with Gasteiger partial charge in [0, 0.05) is 28.5 Å². The van der Waals surface area contributed by atoms with Gasteiger partial charge in [-0.05, 0) is 56.8 Å². The van der Waals surface area contributed by atoms with Gasteiger partial charge in [0.25, 0.3) is 0 Å². The van der Waals surface area contributed by atoms with Crippen molar-refractivity contribution in [3.05, 3.63) is 41.5 Å². The van der Waals surface area contributed by atoms with Crippen LogP contribution in [-0.4, -0.2) is 21.5 Å². The first-order valence-electron chi connectivity index (χ1n) is 7.31. The SMILES string of the molecule is CCNC(CC)c1ccc(Sc2nc(C)cc(C)n2)cn1. The van der Waals surface area contributed by atoms with Crippen molar-refractivity contribution in [3.8, 4) is 0 Å². The molecule has 1 N–H and O–H groups in total. The summed E-state index contributed by atoms with van der Waals surface area (Å²) in [5, 5.41) is 4.22. The first kappa shape index (κ1) is 15.9. The molecule has 0 bridgehead atoms. The molecule has 0 aliphatic carbocycles. The topological polar surface area (TPSA) is 50.7 Å². The van der Waals surface area contributed by atoms with Gasteiger partial charge in [0.2, 0.25) is 0 Å². The molecule has 0 radical (unpaired) electrons. The molecule has 5 heteroatoms. The molecule has 2 rings (SSSR count). The molecule has 0 aliphatic heterocycles. The van der Waals surface area contributed by atoms with Crippen molar-refractivity contribution in [2.45, 2.75) is 50.2 Å². The lowest BCUT2D eigenvalue weighted by Crippen LogP contribution is -2.20. The lowest BCUT2D eigenvalue weighted by Gasteiger charge is -2.15. The molecule has 2 aromatic heterocycles. The summed E-state index contributed by atoms with van der Waals surface area (Å²) >= 11 is 1.55. The summed E-state index contributed by atoms with van der Waals surface area (Å²) in [7, 11) is 0. The second kappa shape index (κ2) is 7.52. The van der Waals surface area contributed by atoms with Crippen molar-refractivity contribution in [2.24, 2.45) is 0 Å². The zero-order valence-electron chi connectivity index (χ0n) is 13.1. The van der Waals surface area contributed by atoms with Crippen molar-refractivity contribution in [2.75, 3.05) is 6.54 Å². The molecule has 2 aromatic rings. The van der Waals surface area contributed by atoms with E-state index in [1.807, 2.05) is 26.1 Å². The van der Waals surface area contributed by atoms with E-state index < -0.39 is 0 Å². The van der Waals surface area contributed by atoms with Gasteiger partial charge in [-0.15, -0.1) is 0 Å². The third-order valence-electron chi connectivity index (χ3n) is 3.15. The van der Waals surface area contributed by atoms with E-state index in [4.69, 9.17) is 0 Å². The normalized spacial score (nSPS) is 12.4. The van der Waals surface area contributed by atoms with Gasteiger partial charge in [-0.3, -0.25) is 4.98 Å². The minimum atomic E-state index is 0.325. The Morgan fingerprint density at radius 3 is 2.38 bits per heavy atom. The van der Waals surface area contributed by atoms with E-state index in [2.05, 4.69) is 46.2 Å². The molecular formula is C16H22N4S. The van der Waals surface area contributed by atoms with E-state index in [1.54, 1.807) is 11.8 Å². The summed E-state index contributed by atoms with van der Waals surface area (Å²) in [5.41, 5.74) is 3.07. The van der Waals surface area contributed by atoms with Crippen molar-refractivity contribution < 1.29 is 0 Å². The number of hydrogen-bond acceptors (Lipinski definition) is 5. The summed E-state index contributed by atoms with van der Waals surface area (Å²) in [6.45, 7) is 9.21. The minimum absolute atomic E-state index is 0.325. The van der Waals surface area contributed by atoms with E-state index in [1.165, 1.54) is 0 Å². The molecule has 4 nitrogen and oxygen atoms in total. The van der Waals surface area contributed by atoms with Crippen LogP contribution >= 0.6 is 11.8 Å². The number of rotatable bonds is 6. The molecule has 112 valence electrons. The Morgan fingerprint density at radius 1 is 1.14 bits per heavy atom. The Labute approximate surface area is 130 Å². The Kier molecular flexibility index (Phi) is 5.70. The number of hydrogen-bond donors (Lipinski definition) is 1. The van der Waals surface area contributed by atoms with Crippen LogP contribution in [0.25, 0.3) is 0 Å². The van der Waals surface area contributed by atoms with Gasteiger partial charge in [0.15, 0.2) is 5.16 Å². The summed E-state index contributed by atoms with van der Waals surface area (Å²) in [5.74, 6) is 0. The Hall–Kier alpha value is -1.46. The molecule has 0 fully saturated rings. The van der Waals surface area contributed by atoms with Crippen LogP contribution in [0, 0.1) is 13.8 Å². The molecule has 0 aliphatic rings. The third kappa shape index (κ3) is 4.51. The molecule has 0 saturated carbocycles. The van der Waals surface area contributed by atoms with Gasteiger partial charge in [-0.25, -0.2) is 9.97 Å². The van der Waals surface area contributed by atoms with Gasteiger partial charge in [0.05, 0.1) is 5.69 Å². The largest absolute Gasteiger partial charge is 0.309 e. The van der Waals surface area contributed by atoms with Gasteiger partial charge < -0.3 is 5.32 Å². The first-order valence-corrected chi connectivity index (χ1v) is 8.13. The van der Waals surface area contributed by atoms with Crippen LogP contribution in [0.15, 0.2) is 34.4 Å². The lowest BCUT2D eigenvalue weighted by molar-refractivity contribution is 0.524. The number of nitrogens with one attached hydrogen (secondary N) is 1. The summed E-state index contributed by atoms with van der Waals surface area (Å²) in [4.78, 5) is 14.5. The molecule has 0 saturated heterocycles. The van der Waals surface area contributed by atoms with Gasteiger partial charge in [-0.1, -0.05) is 13.8 Å². The zero-order chi connectivity index (χ0) is 15.2. The van der Waals surface area contributed by atoms with Crippen molar-refractivity contribution in [1.82, 2.24) is 20.3 Å². The van der Waals surface area contributed by atoms with Crippen LogP contribution < -0.4 is 5.32 Å². The molecular weight excluding hydrogens is 280 g/mol. The highest BCUT2D eigenvalue weighted by Gasteiger charge is 2.09. The smallest absolute Gasteiger partial charge is 0.192 e. The van der Waals surface area contributed by atoms with E-state index in [-0.39, 0.29) is 0 Å². The maximum Gasteiger partial charge on any atom is 0.192 e. The quantitative estimate of drug-likeness (QED) is 0.825. The third-order valence-corrected chi connectivity index (χ3v) is 3.99. The second-order valence-corrected chi connectivity index (χ2v) is 6.01. The summed E-state index contributed by atoms with van der Waals surface area (Å²) in [6.07, 6.45) is 2.94. The molecule has 1 unspecified atom stereocenters. The van der Waals surface area contributed by atoms with E-state index in [9.17, 15) is 0 Å². The van der Waals surface area contributed by atoms with Crippen molar-refractivity contribution >= 4 is 11.8 Å². The van der Waals surface area contributed by atoms with E-state index in [0.717, 1.165) is 40.1 Å². The fraction of sp³-hybridized carbons (Fsp3) is 0.438. The maximum absolute atomic E-state index is 4.57. The zero-order valence-corrected chi connectivity index (χ0v) is 13.9. The predicted molar refractivity (Wildman–Crippen MR) is 86.6 cm³/mol. The lowest BCUT2D eigenvalue weighted by atomic mass is 10.1. The maximum atomic E-state index is 4.57. The van der Waals surface area contributed by atoms with Crippen LogP contribution in [0.2, 0.25) is 0 Å². The highest BCUT2D eigenvalue weighted by Crippen LogP contribution is 2.25. The highest BCUT2D eigenvalue weighted by molar-refractivity contribution is 7.99. The highest BCUT2D eigenvalue weighted by atomic mass is 32.2. The van der Waals surface area contributed by atoms with Gasteiger partial charge >= 0.3 is 0 Å². The predicted octanol–water partition coefficient (Wildman–Crippen LogP) is 3.70. The molecule has 1 atom stereocenters. The van der Waals surface area contributed by atoms with Crippen LogP contribution in [0.1, 0.15) is 43.4 Å². The Bertz CT molecular complexity index is 563. The van der Waals surface area contributed by atoms with Gasteiger partial charge in [0.1, 0.15) is 0 Å². The van der Waals surface area contributed by atoms with E-state index in [0.29, 0.717) is 6.04 Å². The average molecular weight is 302 g/mol. The van der Waals surface area contributed by atoms with Crippen LogP contribution in [0.5, 0.6) is 0 Å². The minimum Gasteiger partial charge on any atom is -0.309 e. The molecule has 2 heterocycles. The summed E-state index contributed by atoms with van der Waals surface area (Å²) < 4.78 is 0. The molecule has 0 amide bonds. The van der Waals surface area contributed by atoms with E-state index >= 15 is 0 Å². The van der Waals surface area contributed by atoms with Gasteiger partial charge in [-0.2, -0.15) is 0 Å². The average Bonchev–Trinajstić information content (AvgIpc) is 2.45. The first-order chi connectivity index (χ1) is 10.1. The van der Waals surface area contributed by atoms with Crippen LogP contribution in [0.4, 0.5) is 0 Å². The molecule has 21 heavy (non-hydrogen) atoms. The summed E-state index contributed by atoms with van der Waals surface area (Å²) in [6, 6.07) is 6.48. The number of nitrogens with zero attached hydrogens (tertiary/aromatic N) is 3. The second-order valence-electron chi connectivity index (χ2n) is 4.97. The Balaban J connectivity index is 2.11. The molecule has 0 spiro atoms. The van der Waals surface area contributed by atoms with Crippen LogP contribution in [0.3, 0.4) is 0 Å². The fourth-order valence-corrected chi connectivity index (χ4v) is 3.04. The van der Waals surface area contributed by atoms with Crippen LogP contribution in [-0.2, 0) is 0 Å². The molecule has 0 aromatic carbocycles. The monoisotopic (exact) mass is 302 g/mol. The fourth-order valence-electron chi connectivity index (χ4n) is 2.21. The van der Waals surface area contributed by atoms with Crippen molar-refractivity contribution in [1.29, 1.82) is 0 Å². The number of pyridine rings is 1. The van der Waals surface area contributed by atoms with Crippen molar-refractivity contribution in [3.63, 3.8) is 0 Å². The number of aromatic nitrogens is 3. The number of aryl methyl sites for hydroxylation is 2. The standard InChI is InChI=1S/C16H22N4S/c1-5-14(17-6-2)15-8-7-13(10-18-15)21-16-19-11(3)9-12(4)20-16/h7-10,14,17H,5-6H2,1-4H3. The Morgan fingerprint density at radius 2 is 1.86 bits per heavy atom.